The molecule has 0 amide bonds. The maximum atomic E-state index is 5.83. The van der Waals surface area contributed by atoms with E-state index in [1.165, 1.54) is 11.1 Å². The van der Waals surface area contributed by atoms with Gasteiger partial charge < -0.3 is 18.5 Å². The van der Waals surface area contributed by atoms with Gasteiger partial charge in [-0.2, -0.15) is 0 Å². The van der Waals surface area contributed by atoms with Crippen LogP contribution in [-0.4, -0.2) is 23.5 Å². The number of hydrogen-bond donors (Lipinski definition) is 0. The first-order valence-electron chi connectivity index (χ1n) is 11.4. The van der Waals surface area contributed by atoms with Crippen LogP contribution in [0.4, 0.5) is 0 Å². The van der Waals surface area contributed by atoms with E-state index in [0.717, 1.165) is 66.5 Å². The summed E-state index contributed by atoms with van der Waals surface area (Å²) >= 11 is 0. The van der Waals surface area contributed by atoms with E-state index in [1.54, 1.807) is 0 Å². The molecule has 0 radical (unpaired) electrons. The van der Waals surface area contributed by atoms with Crippen molar-refractivity contribution in [3.8, 4) is 11.5 Å². The second-order valence-corrected chi connectivity index (χ2v) is 8.22. The van der Waals surface area contributed by atoms with E-state index in [9.17, 15) is 0 Å². The summed E-state index contributed by atoms with van der Waals surface area (Å²) in [7, 11) is 0. The number of aromatic nitrogens is 2. The molecule has 6 heteroatoms. The zero-order valence-electron chi connectivity index (χ0n) is 19.3. The average molecular weight is 447 g/mol. The normalized spacial score (nSPS) is 11.0. The van der Waals surface area contributed by atoms with Gasteiger partial charge in [0.05, 0.1) is 24.6 Å². The lowest BCUT2D eigenvalue weighted by Crippen LogP contribution is -2.01. The highest BCUT2D eigenvalue weighted by atomic mass is 16.5. The molecule has 0 fully saturated rings. The Labute approximate surface area is 194 Å². The maximum Gasteiger partial charge on any atom is 0.137 e. The predicted molar refractivity (Wildman–Crippen MR) is 126 cm³/mol. The highest BCUT2D eigenvalue weighted by Crippen LogP contribution is 2.16. The van der Waals surface area contributed by atoms with Crippen molar-refractivity contribution in [2.75, 3.05) is 13.2 Å². The van der Waals surface area contributed by atoms with Crippen LogP contribution in [0.5, 0.6) is 11.5 Å². The van der Waals surface area contributed by atoms with Crippen molar-refractivity contribution >= 4 is 0 Å². The summed E-state index contributed by atoms with van der Waals surface area (Å²) in [4.78, 5) is 0. The van der Waals surface area contributed by atoms with Crippen LogP contribution in [0.2, 0.25) is 0 Å². The van der Waals surface area contributed by atoms with Crippen LogP contribution < -0.4 is 9.47 Å². The van der Waals surface area contributed by atoms with Crippen molar-refractivity contribution in [2.45, 2.75) is 46.0 Å². The van der Waals surface area contributed by atoms with Crippen LogP contribution in [0.1, 0.15) is 40.5 Å². The van der Waals surface area contributed by atoms with Crippen molar-refractivity contribution in [3.63, 3.8) is 0 Å². The first-order valence-corrected chi connectivity index (χ1v) is 11.4. The van der Waals surface area contributed by atoms with E-state index in [4.69, 9.17) is 18.5 Å². The molecule has 0 saturated carbocycles. The minimum atomic E-state index is 0.578. The molecule has 0 aliphatic heterocycles. The van der Waals surface area contributed by atoms with Gasteiger partial charge in [-0.25, -0.2) is 0 Å². The Balaban J connectivity index is 1.14. The SMILES string of the molecule is Cc1ccc(OCCc2cc(CCc3ccc(OCCCc4cc(C)on4)cc3)on2)cc1. The molecule has 0 atom stereocenters. The Hall–Kier alpha value is -3.54. The minimum Gasteiger partial charge on any atom is -0.494 e. The number of hydrogen-bond acceptors (Lipinski definition) is 6. The van der Waals surface area contributed by atoms with Crippen LogP contribution >= 0.6 is 0 Å². The van der Waals surface area contributed by atoms with Crippen molar-refractivity contribution in [1.29, 1.82) is 0 Å². The van der Waals surface area contributed by atoms with Crippen LogP contribution in [0.25, 0.3) is 0 Å². The van der Waals surface area contributed by atoms with Gasteiger partial charge in [0.15, 0.2) is 0 Å². The third-order valence-corrected chi connectivity index (χ3v) is 5.36. The fourth-order valence-electron chi connectivity index (χ4n) is 3.50. The summed E-state index contributed by atoms with van der Waals surface area (Å²) in [6.45, 7) is 5.19. The smallest absolute Gasteiger partial charge is 0.137 e. The zero-order chi connectivity index (χ0) is 22.9. The molecule has 4 rings (SSSR count). The average Bonchev–Trinajstić information content (AvgIpc) is 3.46. The molecule has 0 saturated heterocycles. The Morgan fingerprint density at radius 2 is 1.33 bits per heavy atom. The molecule has 4 aromatic rings. The molecular weight excluding hydrogens is 416 g/mol. The Kier molecular flexibility index (Phi) is 7.80. The summed E-state index contributed by atoms with van der Waals surface area (Å²) in [6, 6.07) is 20.3. The third kappa shape index (κ3) is 7.24. The van der Waals surface area contributed by atoms with Gasteiger partial charge in [-0.15, -0.1) is 0 Å². The topological polar surface area (TPSA) is 70.5 Å². The van der Waals surface area contributed by atoms with Gasteiger partial charge >= 0.3 is 0 Å². The van der Waals surface area contributed by atoms with E-state index in [0.29, 0.717) is 13.2 Å². The Morgan fingerprint density at radius 3 is 2.06 bits per heavy atom. The number of aryl methyl sites for hydroxylation is 5. The number of rotatable bonds is 12. The summed E-state index contributed by atoms with van der Waals surface area (Å²) < 4.78 is 22.2. The quantitative estimate of drug-likeness (QED) is 0.260. The van der Waals surface area contributed by atoms with Gasteiger partial charge in [-0.1, -0.05) is 40.1 Å². The minimum absolute atomic E-state index is 0.578. The van der Waals surface area contributed by atoms with Gasteiger partial charge in [0.2, 0.25) is 0 Å². The molecule has 0 aliphatic carbocycles. The number of ether oxygens (including phenoxy) is 2. The molecule has 2 heterocycles. The molecule has 172 valence electrons. The fourth-order valence-corrected chi connectivity index (χ4v) is 3.50. The molecule has 0 N–H and O–H groups in total. The van der Waals surface area contributed by atoms with Crippen LogP contribution in [0, 0.1) is 13.8 Å². The first-order chi connectivity index (χ1) is 16.1. The van der Waals surface area contributed by atoms with E-state index < -0.39 is 0 Å². The Bertz CT molecular complexity index is 1110. The number of nitrogens with zero attached hydrogens (tertiary/aromatic N) is 2. The van der Waals surface area contributed by atoms with E-state index in [2.05, 4.69) is 29.4 Å². The molecule has 0 unspecified atom stereocenters. The van der Waals surface area contributed by atoms with E-state index in [1.807, 2.05) is 55.5 Å². The largest absolute Gasteiger partial charge is 0.494 e. The maximum absolute atomic E-state index is 5.83. The van der Waals surface area contributed by atoms with Gasteiger partial charge in [0.25, 0.3) is 0 Å². The monoisotopic (exact) mass is 446 g/mol. The summed E-state index contributed by atoms with van der Waals surface area (Å²) in [6.07, 6.45) is 4.17. The molecule has 0 spiro atoms. The number of benzene rings is 2. The third-order valence-electron chi connectivity index (χ3n) is 5.36. The second kappa shape index (κ2) is 11.4. The molecule has 0 bridgehead atoms. The van der Waals surface area contributed by atoms with E-state index >= 15 is 0 Å². The highest BCUT2D eigenvalue weighted by Gasteiger charge is 2.06. The fraction of sp³-hybridized carbons (Fsp3) is 0.333. The standard InChI is InChI=1S/C27H30N2O4/c1-20-5-10-25(11-6-20)31-17-15-24-19-27(33-29-24)14-9-22-7-12-26(13-8-22)30-16-3-4-23-18-21(2)32-28-23/h5-8,10-13,18-19H,3-4,9,14-17H2,1-2H3. The van der Waals surface area contributed by atoms with Crippen LogP contribution in [-0.2, 0) is 25.7 Å². The van der Waals surface area contributed by atoms with E-state index in [-0.39, 0.29) is 0 Å². The summed E-state index contributed by atoms with van der Waals surface area (Å²) in [5.74, 6) is 3.49. The molecule has 2 aromatic carbocycles. The lowest BCUT2D eigenvalue weighted by Gasteiger charge is -2.06. The van der Waals surface area contributed by atoms with Gasteiger partial charge in [0, 0.05) is 25.0 Å². The Morgan fingerprint density at radius 1 is 0.667 bits per heavy atom. The summed E-state index contributed by atoms with van der Waals surface area (Å²) in [5, 5.41) is 8.17. The molecule has 33 heavy (non-hydrogen) atoms. The lowest BCUT2D eigenvalue weighted by molar-refractivity contribution is 0.308. The van der Waals surface area contributed by atoms with Gasteiger partial charge in [-0.05, 0) is 62.9 Å². The van der Waals surface area contributed by atoms with Gasteiger partial charge in [-0.3, -0.25) is 0 Å². The lowest BCUT2D eigenvalue weighted by atomic mass is 10.1. The summed E-state index contributed by atoms with van der Waals surface area (Å²) in [5.41, 5.74) is 4.35. The van der Waals surface area contributed by atoms with Crippen LogP contribution in [0.15, 0.2) is 69.7 Å². The van der Waals surface area contributed by atoms with Crippen molar-refractivity contribution in [2.24, 2.45) is 0 Å². The van der Waals surface area contributed by atoms with Crippen LogP contribution in [0.3, 0.4) is 0 Å². The molecular formula is C27H30N2O4. The zero-order valence-corrected chi connectivity index (χ0v) is 19.3. The van der Waals surface area contributed by atoms with Crippen molar-refractivity contribution in [3.05, 3.63) is 94.7 Å². The van der Waals surface area contributed by atoms with Crippen molar-refractivity contribution < 1.29 is 18.5 Å². The van der Waals surface area contributed by atoms with Crippen molar-refractivity contribution in [1.82, 2.24) is 10.3 Å². The van der Waals surface area contributed by atoms with Gasteiger partial charge in [0.1, 0.15) is 23.0 Å². The second-order valence-electron chi connectivity index (χ2n) is 8.22. The molecule has 6 nitrogen and oxygen atoms in total. The highest BCUT2D eigenvalue weighted by molar-refractivity contribution is 5.28. The molecule has 2 aromatic heterocycles. The predicted octanol–water partition coefficient (Wildman–Crippen LogP) is 5.70. The molecule has 0 aliphatic rings. The first kappa shape index (κ1) is 22.6.